The molecule has 3 rings (SSSR count). The van der Waals surface area contributed by atoms with Crippen molar-refractivity contribution in [1.82, 2.24) is 0 Å². The van der Waals surface area contributed by atoms with Gasteiger partial charge in [0.25, 0.3) is 0 Å². The molecule has 0 amide bonds. The standard InChI is InChI=1S/C29H44F2O2/c1-3-5-7-8-23-12-17-29(33-20-23)25-13-10-22(11-14-25)18-26(30)21-32-27-16-15-24(9-6-4-2)28(31)19-27/h4,15-16,19,22-23,25-26,29H,2-3,5-14,17-18,20-21H2,1H3. The first-order chi connectivity index (χ1) is 16.1. The van der Waals surface area contributed by atoms with E-state index in [2.05, 4.69) is 13.5 Å². The van der Waals surface area contributed by atoms with Gasteiger partial charge in [-0.2, -0.15) is 0 Å². The number of benzene rings is 1. The summed E-state index contributed by atoms with van der Waals surface area (Å²) in [6, 6.07) is 4.83. The van der Waals surface area contributed by atoms with Crippen LogP contribution in [0.1, 0.15) is 89.5 Å². The summed E-state index contributed by atoms with van der Waals surface area (Å²) < 4.78 is 40.6. The van der Waals surface area contributed by atoms with Crippen LogP contribution in [-0.4, -0.2) is 25.5 Å². The number of unbranched alkanes of at least 4 members (excludes halogenated alkanes) is 2. The van der Waals surface area contributed by atoms with Gasteiger partial charge < -0.3 is 9.47 Å². The number of alkyl halides is 1. The average molecular weight is 463 g/mol. The molecule has 0 bridgehead atoms. The summed E-state index contributed by atoms with van der Waals surface area (Å²) in [7, 11) is 0. The molecule has 1 aromatic carbocycles. The van der Waals surface area contributed by atoms with Crippen LogP contribution in [0.25, 0.3) is 0 Å². The molecule has 2 nitrogen and oxygen atoms in total. The van der Waals surface area contributed by atoms with E-state index in [9.17, 15) is 8.78 Å². The van der Waals surface area contributed by atoms with Gasteiger partial charge in [0.05, 0.1) is 6.10 Å². The van der Waals surface area contributed by atoms with E-state index in [4.69, 9.17) is 9.47 Å². The Hall–Kier alpha value is -1.42. The van der Waals surface area contributed by atoms with E-state index in [0.717, 1.165) is 44.6 Å². The van der Waals surface area contributed by atoms with Crippen molar-refractivity contribution in [3.05, 3.63) is 42.2 Å². The molecule has 1 aliphatic carbocycles. The zero-order valence-electron chi connectivity index (χ0n) is 20.6. The van der Waals surface area contributed by atoms with Crippen molar-refractivity contribution in [1.29, 1.82) is 0 Å². The topological polar surface area (TPSA) is 18.5 Å². The number of allylic oxidation sites excluding steroid dienone is 1. The van der Waals surface area contributed by atoms with Gasteiger partial charge in [-0.25, -0.2) is 8.78 Å². The van der Waals surface area contributed by atoms with Crippen LogP contribution in [0.4, 0.5) is 8.78 Å². The van der Waals surface area contributed by atoms with Crippen molar-refractivity contribution in [2.24, 2.45) is 17.8 Å². The predicted molar refractivity (Wildman–Crippen MR) is 132 cm³/mol. The maximum atomic E-state index is 14.6. The molecule has 1 aromatic rings. The van der Waals surface area contributed by atoms with Crippen LogP contribution in [0, 0.1) is 23.6 Å². The Morgan fingerprint density at radius 2 is 1.91 bits per heavy atom. The van der Waals surface area contributed by atoms with Gasteiger partial charge in [0.2, 0.25) is 0 Å². The molecule has 0 spiro atoms. The van der Waals surface area contributed by atoms with Gasteiger partial charge in [-0.3, -0.25) is 0 Å². The van der Waals surface area contributed by atoms with Crippen LogP contribution in [0.15, 0.2) is 30.9 Å². The van der Waals surface area contributed by atoms with Crippen LogP contribution >= 0.6 is 0 Å². The largest absolute Gasteiger partial charge is 0.490 e. The third-order valence-corrected chi connectivity index (χ3v) is 7.70. The van der Waals surface area contributed by atoms with Crippen molar-refractivity contribution in [3.8, 4) is 5.75 Å². The Balaban J connectivity index is 1.31. The molecule has 1 saturated carbocycles. The lowest BCUT2D eigenvalue weighted by Crippen LogP contribution is -2.34. The van der Waals surface area contributed by atoms with E-state index in [1.54, 1.807) is 18.2 Å². The summed E-state index contributed by atoms with van der Waals surface area (Å²) in [5.41, 5.74) is 0.643. The number of aryl methyl sites for hydroxylation is 1. The van der Waals surface area contributed by atoms with E-state index < -0.39 is 6.17 Å². The summed E-state index contributed by atoms with van der Waals surface area (Å²) in [5, 5.41) is 0. The van der Waals surface area contributed by atoms with Gasteiger partial charge in [-0.1, -0.05) is 38.3 Å². The zero-order valence-corrected chi connectivity index (χ0v) is 20.6. The fourth-order valence-electron chi connectivity index (χ4n) is 5.60. The Bertz CT molecular complexity index is 691. The molecule has 2 fully saturated rings. The normalized spacial score (nSPS) is 26.6. The summed E-state index contributed by atoms with van der Waals surface area (Å²) in [6.45, 7) is 6.86. The Labute approximate surface area is 200 Å². The van der Waals surface area contributed by atoms with Gasteiger partial charge in [0.15, 0.2) is 0 Å². The molecule has 3 unspecified atom stereocenters. The Morgan fingerprint density at radius 1 is 1.12 bits per heavy atom. The van der Waals surface area contributed by atoms with Gasteiger partial charge in [0.1, 0.15) is 24.3 Å². The molecule has 2 aliphatic rings. The van der Waals surface area contributed by atoms with E-state index >= 15 is 0 Å². The molecule has 0 radical (unpaired) electrons. The highest BCUT2D eigenvalue weighted by Crippen LogP contribution is 2.38. The molecule has 0 aromatic heterocycles. The highest BCUT2D eigenvalue weighted by molar-refractivity contribution is 5.29. The first kappa shape index (κ1) is 26.2. The second-order valence-electron chi connectivity index (χ2n) is 10.3. The van der Waals surface area contributed by atoms with Gasteiger partial charge in [-0.15, -0.1) is 6.58 Å². The molecule has 186 valence electrons. The monoisotopic (exact) mass is 462 g/mol. The summed E-state index contributed by atoms with van der Waals surface area (Å²) in [6.07, 6.45) is 15.3. The first-order valence-electron chi connectivity index (χ1n) is 13.4. The van der Waals surface area contributed by atoms with Crippen LogP contribution in [0.2, 0.25) is 0 Å². The van der Waals surface area contributed by atoms with E-state index in [-0.39, 0.29) is 12.4 Å². The zero-order chi connectivity index (χ0) is 23.5. The maximum absolute atomic E-state index is 14.6. The molecule has 4 heteroatoms. The number of hydrogen-bond donors (Lipinski definition) is 0. The van der Waals surface area contributed by atoms with Crippen molar-refractivity contribution in [3.63, 3.8) is 0 Å². The smallest absolute Gasteiger partial charge is 0.134 e. The third kappa shape index (κ3) is 8.70. The minimum absolute atomic E-state index is 0.00344. The van der Waals surface area contributed by atoms with E-state index in [0.29, 0.717) is 42.1 Å². The lowest BCUT2D eigenvalue weighted by Gasteiger charge is -2.38. The van der Waals surface area contributed by atoms with Crippen molar-refractivity contribution in [2.45, 2.75) is 103 Å². The summed E-state index contributed by atoms with van der Waals surface area (Å²) in [5.74, 6) is 1.94. The van der Waals surface area contributed by atoms with Crippen molar-refractivity contribution >= 4 is 0 Å². The van der Waals surface area contributed by atoms with Crippen LogP contribution in [0.5, 0.6) is 5.75 Å². The Morgan fingerprint density at radius 3 is 2.58 bits per heavy atom. The number of ether oxygens (including phenoxy) is 2. The van der Waals surface area contributed by atoms with Gasteiger partial charge in [0, 0.05) is 12.7 Å². The third-order valence-electron chi connectivity index (χ3n) is 7.70. The van der Waals surface area contributed by atoms with Gasteiger partial charge in [-0.05, 0) is 93.6 Å². The molecule has 1 aliphatic heterocycles. The van der Waals surface area contributed by atoms with Crippen LogP contribution in [0.3, 0.4) is 0 Å². The SMILES string of the molecule is C=CCCc1ccc(OCC(F)CC2CCC(C3CCC(CCCCC)CO3)CC2)cc1F. The average Bonchev–Trinajstić information content (AvgIpc) is 2.83. The number of halogens is 2. The number of rotatable bonds is 13. The molecular weight excluding hydrogens is 418 g/mol. The maximum Gasteiger partial charge on any atom is 0.134 e. The fraction of sp³-hybridized carbons (Fsp3) is 0.724. The fourth-order valence-corrected chi connectivity index (χ4v) is 5.60. The molecular formula is C29H44F2O2. The molecule has 3 atom stereocenters. The summed E-state index contributed by atoms with van der Waals surface area (Å²) >= 11 is 0. The molecule has 0 N–H and O–H groups in total. The molecule has 1 saturated heterocycles. The molecule has 33 heavy (non-hydrogen) atoms. The van der Waals surface area contributed by atoms with Crippen LogP contribution in [-0.2, 0) is 11.2 Å². The quantitative estimate of drug-likeness (QED) is 0.217. The highest BCUT2D eigenvalue weighted by atomic mass is 19.1. The van der Waals surface area contributed by atoms with E-state index in [1.807, 2.05) is 0 Å². The van der Waals surface area contributed by atoms with Crippen LogP contribution < -0.4 is 4.74 Å². The molecule has 1 heterocycles. The van der Waals surface area contributed by atoms with Gasteiger partial charge >= 0.3 is 0 Å². The predicted octanol–water partition coefficient (Wildman–Crippen LogP) is 8.23. The minimum Gasteiger partial charge on any atom is -0.490 e. The second-order valence-corrected chi connectivity index (χ2v) is 10.3. The van der Waals surface area contributed by atoms with E-state index in [1.165, 1.54) is 44.6 Å². The lowest BCUT2D eigenvalue weighted by atomic mass is 9.75. The minimum atomic E-state index is -1.01. The summed E-state index contributed by atoms with van der Waals surface area (Å²) in [4.78, 5) is 0. The highest BCUT2D eigenvalue weighted by Gasteiger charge is 2.32. The van der Waals surface area contributed by atoms with Crippen molar-refractivity contribution in [2.75, 3.05) is 13.2 Å². The second kappa shape index (κ2) is 14.1. The van der Waals surface area contributed by atoms with Crippen molar-refractivity contribution < 1.29 is 18.3 Å². The lowest BCUT2D eigenvalue weighted by molar-refractivity contribution is -0.0605. The first-order valence-corrected chi connectivity index (χ1v) is 13.4. The Kier molecular flexibility index (Phi) is 11.2. The number of hydrogen-bond acceptors (Lipinski definition) is 2.